The third-order valence-corrected chi connectivity index (χ3v) is 9.43. The minimum atomic E-state index is -2.37. The van der Waals surface area contributed by atoms with E-state index in [9.17, 15) is 39.6 Å². The second-order valence-corrected chi connectivity index (χ2v) is 13.9. The van der Waals surface area contributed by atoms with Crippen LogP contribution >= 0.6 is 0 Å². The van der Waals surface area contributed by atoms with Crippen LogP contribution in [0.5, 0.6) is 0 Å². The van der Waals surface area contributed by atoms with Crippen LogP contribution in [0.15, 0.2) is 0 Å². The number of ether oxygens (including phenoxy) is 7. The molecule has 0 bridgehead atoms. The van der Waals surface area contributed by atoms with Gasteiger partial charge in [-0.1, -0.05) is 87.0 Å². The van der Waals surface area contributed by atoms with Crippen LogP contribution in [0.25, 0.3) is 0 Å². The van der Waals surface area contributed by atoms with Gasteiger partial charge in [-0.15, -0.1) is 0 Å². The van der Waals surface area contributed by atoms with Crippen molar-refractivity contribution >= 4 is 23.9 Å². The summed E-state index contributed by atoms with van der Waals surface area (Å²) < 4.78 is 40.9. The monoisotopic (exact) mass is 734 g/mol. The number of aliphatic hydroxyl groups excluding tert-OH is 4. The van der Waals surface area contributed by atoms with Gasteiger partial charge in [0.15, 0.2) is 18.3 Å². The zero-order valence-corrected chi connectivity index (χ0v) is 31.3. The smallest absolute Gasteiger partial charge is 0.309 e. The highest BCUT2D eigenvalue weighted by Crippen LogP contribution is 2.40. The van der Waals surface area contributed by atoms with Gasteiger partial charge in [0.25, 0.3) is 0 Å². The number of unbranched alkanes of at least 4 members (excludes halogenated alkanes) is 6. The zero-order valence-electron chi connectivity index (χ0n) is 31.3. The van der Waals surface area contributed by atoms with Crippen molar-refractivity contribution in [1.82, 2.24) is 0 Å². The standard InChI is InChI=1S/C36H62O15/c1-8-11-12-13-14-15-16-17-26(39)47-30-29(48-32(42)21(4)5)27(40)24(18-37)46-35(30)51-36(20-45-33(43)22(6)9-2)31(28(41)25(19-38)50-36)49-34(44)23(7)10-3/h21-25,27-31,35,37-38,40-41H,8-20H2,1-7H3. The maximum atomic E-state index is 13.3. The highest BCUT2D eigenvalue weighted by molar-refractivity contribution is 5.73. The molecule has 11 unspecified atom stereocenters. The zero-order chi connectivity index (χ0) is 38.3. The van der Waals surface area contributed by atoms with Gasteiger partial charge in [-0.2, -0.15) is 0 Å². The first-order valence-electron chi connectivity index (χ1n) is 18.6. The first-order valence-corrected chi connectivity index (χ1v) is 18.6. The van der Waals surface area contributed by atoms with Gasteiger partial charge in [-0.3, -0.25) is 19.2 Å². The lowest BCUT2D eigenvalue weighted by atomic mass is 9.97. The van der Waals surface area contributed by atoms with Crippen molar-refractivity contribution in [3.63, 3.8) is 0 Å². The van der Waals surface area contributed by atoms with Gasteiger partial charge in [0.1, 0.15) is 31.0 Å². The van der Waals surface area contributed by atoms with E-state index in [1.54, 1.807) is 41.5 Å². The van der Waals surface area contributed by atoms with Crippen molar-refractivity contribution in [2.45, 2.75) is 167 Å². The molecule has 2 aliphatic heterocycles. The van der Waals surface area contributed by atoms with E-state index in [0.717, 1.165) is 38.5 Å². The van der Waals surface area contributed by atoms with Crippen LogP contribution in [0.3, 0.4) is 0 Å². The summed E-state index contributed by atoms with van der Waals surface area (Å²) in [6.07, 6.45) is -5.71. The molecule has 15 heteroatoms. The van der Waals surface area contributed by atoms with Crippen LogP contribution in [0.4, 0.5) is 0 Å². The number of aliphatic hydroxyl groups is 4. The highest BCUT2D eigenvalue weighted by Gasteiger charge is 2.63. The first-order chi connectivity index (χ1) is 24.2. The van der Waals surface area contributed by atoms with Gasteiger partial charge in [-0.25, -0.2) is 0 Å². The molecule has 15 nitrogen and oxygen atoms in total. The molecular weight excluding hydrogens is 672 g/mol. The molecule has 2 aliphatic rings. The first kappa shape index (κ1) is 44.8. The molecule has 0 amide bonds. The Morgan fingerprint density at radius 2 is 1.29 bits per heavy atom. The number of carbonyl (C=O) groups excluding carboxylic acids is 4. The van der Waals surface area contributed by atoms with Crippen LogP contribution in [-0.4, -0.2) is 119 Å². The number of esters is 4. The maximum absolute atomic E-state index is 13.3. The molecule has 4 N–H and O–H groups in total. The molecule has 0 aromatic rings. The molecule has 0 aromatic heterocycles. The maximum Gasteiger partial charge on any atom is 0.309 e. The molecule has 0 saturated carbocycles. The summed E-state index contributed by atoms with van der Waals surface area (Å²) in [5, 5.41) is 42.7. The molecule has 2 heterocycles. The Morgan fingerprint density at radius 3 is 1.86 bits per heavy atom. The summed E-state index contributed by atoms with van der Waals surface area (Å²) >= 11 is 0. The van der Waals surface area contributed by atoms with E-state index in [2.05, 4.69) is 6.92 Å². The molecular formula is C36H62O15. The van der Waals surface area contributed by atoms with Gasteiger partial charge < -0.3 is 53.6 Å². The summed E-state index contributed by atoms with van der Waals surface area (Å²) in [6, 6.07) is 0. The van der Waals surface area contributed by atoms with Crippen LogP contribution < -0.4 is 0 Å². The van der Waals surface area contributed by atoms with Crippen LogP contribution in [0.2, 0.25) is 0 Å². The Kier molecular flexibility index (Phi) is 19.3. The fourth-order valence-electron chi connectivity index (χ4n) is 5.59. The summed E-state index contributed by atoms with van der Waals surface area (Å²) in [7, 11) is 0. The van der Waals surface area contributed by atoms with Crippen LogP contribution in [0, 0.1) is 17.8 Å². The van der Waals surface area contributed by atoms with Crippen molar-refractivity contribution in [3.8, 4) is 0 Å². The molecule has 0 aromatic carbocycles. The lowest BCUT2D eigenvalue weighted by molar-refractivity contribution is -0.384. The summed E-state index contributed by atoms with van der Waals surface area (Å²) in [5.74, 6) is -7.13. The predicted molar refractivity (Wildman–Crippen MR) is 180 cm³/mol. The Hall–Kier alpha value is -2.40. The average Bonchev–Trinajstić information content (AvgIpc) is 3.37. The van der Waals surface area contributed by atoms with Gasteiger partial charge in [0.05, 0.1) is 31.0 Å². The minimum absolute atomic E-state index is 0.0179. The summed E-state index contributed by atoms with van der Waals surface area (Å²) in [4.78, 5) is 52.1. The molecule has 0 spiro atoms. The lowest BCUT2D eigenvalue weighted by Gasteiger charge is -2.46. The van der Waals surface area contributed by atoms with Gasteiger partial charge >= 0.3 is 23.9 Å². The van der Waals surface area contributed by atoms with Crippen molar-refractivity contribution in [1.29, 1.82) is 0 Å². The second kappa shape index (κ2) is 22.0. The van der Waals surface area contributed by atoms with E-state index in [1.165, 1.54) is 0 Å². The van der Waals surface area contributed by atoms with Crippen LogP contribution in [0.1, 0.15) is 113 Å². The quantitative estimate of drug-likeness (QED) is 0.0715. The van der Waals surface area contributed by atoms with E-state index in [-0.39, 0.29) is 6.42 Å². The Balaban J connectivity index is 2.56. The predicted octanol–water partition coefficient (Wildman–Crippen LogP) is 2.70. The fourth-order valence-corrected chi connectivity index (χ4v) is 5.59. The number of carbonyl (C=O) groups is 4. The molecule has 2 rings (SSSR count). The normalized spacial score (nSPS) is 30.4. The largest absolute Gasteiger partial charge is 0.460 e. The van der Waals surface area contributed by atoms with Crippen LogP contribution in [-0.2, 0) is 52.3 Å². The minimum Gasteiger partial charge on any atom is -0.460 e. The molecule has 2 fully saturated rings. The summed E-state index contributed by atoms with van der Waals surface area (Å²) in [5.41, 5.74) is 0. The average molecular weight is 735 g/mol. The lowest BCUT2D eigenvalue weighted by Crippen LogP contribution is -2.65. The Morgan fingerprint density at radius 1 is 0.706 bits per heavy atom. The second-order valence-electron chi connectivity index (χ2n) is 13.9. The van der Waals surface area contributed by atoms with E-state index in [0.29, 0.717) is 19.3 Å². The van der Waals surface area contributed by atoms with E-state index in [1.807, 2.05) is 0 Å². The van der Waals surface area contributed by atoms with E-state index < -0.39 is 116 Å². The Bertz CT molecular complexity index is 1080. The van der Waals surface area contributed by atoms with Crippen molar-refractivity contribution in [2.24, 2.45) is 17.8 Å². The van der Waals surface area contributed by atoms with Gasteiger partial charge in [0, 0.05) is 6.42 Å². The third kappa shape index (κ3) is 12.6. The van der Waals surface area contributed by atoms with E-state index in [4.69, 9.17) is 33.2 Å². The van der Waals surface area contributed by atoms with Crippen molar-refractivity contribution in [2.75, 3.05) is 19.8 Å². The van der Waals surface area contributed by atoms with Gasteiger partial charge in [0.2, 0.25) is 12.1 Å². The SMILES string of the molecule is CCCCCCCCCC(=O)OC1C(OC2(COC(=O)C(C)CC)OC(CO)C(O)C2OC(=O)C(C)CC)OC(CO)C(O)C1OC(=O)C(C)C. The van der Waals surface area contributed by atoms with Gasteiger partial charge in [-0.05, 0) is 19.3 Å². The van der Waals surface area contributed by atoms with Crippen molar-refractivity contribution in [3.05, 3.63) is 0 Å². The molecule has 0 aliphatic carbocycles. The van der Waals surface area contributed by atoms with E-state index >= 15 is 0 Å². The third-order valence-electron chi connectivity index (χ3n) is 9.43. The molecule has 0 radical (unpaired) electrons. The fraction of sp³-hybridized carbons (Fsp3) is 0.889. The molecule has 11 atom stereocenters. The van der Waals surface area contributed by atoms with Crippen molar-refractivity contribution < 1.29 is 72.8 Å². The summed E-state index contributed by atoms with van der Waals surface area (Å²) in [6.45, 7) is 9.66. The molecule has 296 valence electrons. The number of hydrogen-bond acceptors (Lipinski definition) is 15. The topological polar surface area (TPSA) is 214 Å². The highest BCUT2D eigenvalue weighted by atomic mass is 16.8. The number of rotatable bonds is 22. The molecule has 51 heavy (non-hydrogen) atoms. The number of hydrogen-bond donors (Lipinski definition) is 4. The Labute approximate surface area is 301 Å². The molecule has 2 saturated heterocycles.